The zero-order valence-electron chi connectivity index (χ0n) is 14.3. The number of carbonyl (C=O) groups is 1. The molecule has 0 spiro atoms. The van der Waals surface area contributed by atoms with E-state index in [1.54, 1.807) is 0 Å². The molecule has 1 aliphatic heterocycles. The van der Waals surface area contributed by atoms with E-state index < -0.39 is 0 Å². The zero-order chi connectivity index (χ0) is 17.6. The van der Waals surface area contributed by atoms with Crippen LogP contribution in [0.4, 0.5) is 5.69 Å². The summed E-state index contributed by atoms with van der Waals surface area (Å²) in [5.74, 6) is -0.224. The van der Waals surface area contributed by atoms with Gasteiger partial charge in [0.25, 0.3) is 0 Å². The molecule has 1 atom stereocenters. The number of anilines is 1. The Bertz CT molecular complexity index is 745. The summed E-state index contributed by atoms with van der Waals surface area (Å²) < 4.78 is 5.03. The summed E-state index contributed by atoms with van der Waals surface area (Å²) in [5, 5.41) is 8.90. The molecule has 1 fully saturated rings. The molecule has 0 N–H and O–H groups in total. The number of esters is 1. The predicted octanol–water partition coefficient (Wildman–Crippen LogP) is 2.59. The summed E-state index contributed by atoms with van der Waals surface area (Å²) >= 11 is 0. The first kappa shape index (κ1) is 17.0. The highest BCUT2D eigenvalue weighted by molar-refractivity contribution is 5.77. The number of hydrogen-bond donors (Lipinski definition) is 0. The Morgan fingerprint density at radius 2 is 1.68 bits per heavy atom. The molecule has 0 bridgehead atoms. The Balaban J connectivity index is 1.70. The Morgan fingerprint density at radius 3 is 2.24 bits per heavy atom. The van der Waals surface area contributed by atoms with Crippen molar-refractivity contribution in [3.05, 3.63) is 65.7 Å². The number of hydrogen-bond acceptors (Lipinski definition) is 5. The summed E-state index contributed by atoms with van der Waals surface area (Å²) in [7, 11) is 1.44. The van der Waals surface area contributed by atoms with Crippen molar-refractivity contribution in [2.75, 3.05) is 38.2 Å². The first-order valence-electron chi connectivity index (χ1n) is 8.35. The van der Waals surface area contributed by atoms with Crippen LogP contribution in [0.5, 0.6) is 0 Å². The minimum Gasteiger partial charge on any atom is -0.468 e. The SMILES string of the molecule is COC(=O)C(c1ccccc1)N1CCN(c2ccc(C#N)cc2)CC1. The molecular formula is C20H21N3O2. The van der Waals surface area contributed by atoms with Crippen molar-refractivity contribution >= 4 is 11.7 Å². The van der Waals surface area contributed by atoms with Gasteiger partial charge in [0.05, 0.1) is 18.7 Å². The number of carbonyl (C=O) groups excluding carboxylic acids is 1. The standard InChI is InChI=1S/C20H21N3O2/c1-25-20(24)19(17-5-3-2-4-6-17)23-13-11-22(12-14-23)18-9-7-16(15-21)8-10-18/h2-10,19H,11-14H2,1H3. The van der Waals surface area contributed by atoms with Crippen LogP contribution in [-0.2, 0) is 9.53 Å². The van der Waals surface area contributed by atoms with Gasteiger partial charge in [0, 0.05) is 31.9 Å². The lowest BCUT2D eigenvalue weighted by molar-refractivity contribution is -0.147. The molecule has 3 rings (SSSR count). The molecule has 0 amide bonds. The van der Waals surface area contributed by atoms with E-state index in [0.717, 1.165) is 37.4 Å². The van der Waals surface area contributed by atoms with Crippen LogP contribution in [0.15, 0.2) is 54.6 Å². The Hall–Kier alpha value is -2.84. The number of benzene rings is 2. The maximum absolute atomic E-state index is 12.3. The summed E-state index contributed by atoms with van der Waals surface area (Å²) in [6.45, 7) is 3.20. The number of rotatable bonds is 4. The number of nitriles is 1. The van der Waals surface area contributed by atoms with E-state index in [2.05, 4.69) is 15.9 Å². The molecule has 0 aliphatic carbocycles. The fourth-order valence-electron chi connectivity index (χ4n) is 3.23. The minimum absolute atomic E-state index is 0.224. The number of ether oxygens (including phenoxy) is 1. The first-order chi connectivity index (χ1) is 12.2. The third kappa shape index (κ3) is 3.81. The second kappa shape index (κ2) is 7.82. The van der Waals surface area contributed by atoms with Gasteiger partial charge in [-0.2, -0.15) is 5.26 Å². The van der Waals surface area contributed by atoms with E-state index in [0.29, 0.717) is 5.56 Å². The fraction of sp³-hybridized carbons (Fsp3) is 0.300. The lowest BCUT2D eigenvalue weighted by Gasteiger charge is -2.39. The summed E-state index contributed by atoms with van der Waals surface area (Å²) in [6.07, 6.45) is 0. The van der Waals surface area contributed by atoms with E-state index in [-0.39, 0.29) is 12.0 Å². The van der Waals surface area contributed by atoms with Gasteiger partial charge in [-0.25, -0.2) is 4.79 Å². The molecule has 2 aromatic rings. The predicted molar refractivity (Wildman–Crippen MR) is 96.1 cm³/mol. The Morgan fingerprint density at radius 1 is 1.04 bits per heavy atom. The van der Waals surface area contributed by atoms with Crippen LogP contribution >= 0.6 is 0 Å². The molecule has 1 heterocycles. The fourth-order valence-corrected chi connectivity index (χ4v) is 3.23. The normalized spacial score (nSPS) is 16.1. The monoisotopic (exact) mass is 335 g/mol. The van der Waals surface area contributed by atoms with Crippen LogP contribution in [0.3, 0.4) is 0 Å². The van der Waals surface area contributed by atoms with Gasteiger partial charge in [0.1, 0.15) is 6.04 Å². The Kier molecular flexibility index (Phi) is 5.32. The van der Waals surface area contributed by atoms with Gasteiger partial charge >= 0.3 is 5.97 Å². The van der Waals surface area contributed by atoms with Crippen LogP contribution in [0.1, 0.15) is 17.2 Å². The van der Waals surface area contributed by atoms with Crippen molar-refractivity contribution in [2.24, 2.45) is 0 Å². The van der Waals surface area contributed by atoms with E-state index in [1.165, 1.54) is 7.11 Å². The molecule has 2 aromatic carbocycles. The molecular weight excluding hydrogens is 314 g/mol. The second-order valence-electron chi connectivity index (χ2n) is 6.02. The van der Waals surface area contributed by atoms with Crippen molar-refractivity contribution in [3.8, 4) is 6.07 Å². The second-order valence-corrected chi connectivity index (χ2v) is 6.02. The summed E-state index contributed by atoms with van der Waals surface area (Å²) in [4.78, 5) is 16.8. The van der Waals surface area contributed by atoms with E-state index >= 15 is 0 Å². The van der Waals surface area contributed by atoms with E-state index in [4.69, 9.17) is 10.00 Å². The van der Waals surface area contributed by atoms with Crippen LogP contribution < -0.4 is 4.90 Å². The molecule has 0 saturated carbocycles. The number of piperazine rings is 1. The van der Waals surface area contributed by atoms with Crippen molar-refractivity contribution in [1.82, 2.24) is 4.90 Å². The first-order valence-corrected chi connectivity index (χ1v) is 8.35. The van der Waals surface area contributed by atoms with Crippen molar-refractivity contribution in [2.45, 2.75) is 6.04 Å². The largest absolute Gasteiger partial charge is 0.468 e. The number of methoxy groups -OCH3 is 1. The van der Waals surface area contributed by atoms with Crippen LogP contribution in [0.2, 0.25) is 0 Å². The van der Waals surface area contributed by atoms with Crippen LogP contribution in [0, 0.1) is 11.3 Å². The van der Waals surface area contributed by atoms with Crippen molar-refractivity contribution in [3.63, 3.8) is 0 Å². The van der Waals surface area contributed by atoms with Gasteiger partial charge in [0.2, 0.25) is 0 Å². The highest BCUT2D eigenvalue weighted by atomic mass is 16.5. The molecule has 25 heavy (non-hydrogen) atoms. The van der Waals surface area contributed by atoms with Gasteiger partial charge in [-0.1, -0.05) is 30.3 Å². The lowest BCUT2D eigenvalue weighted by atomic mass is 10.0. The molecule has 1 saturated heterocycles. The Labute approximate surface area is 148 Å². The van der Waals surface area contributed by atoms with Gasteiger partial charge in [-0.15, -0.1) is 0 Å². The highest BCUT2D eigenvalue weighted by Gasteiger charge is 2.31. The maximum Gasteiger partial charge on any atom is 0.327 e. The third-order valence-electron chi connectivity index (χ3n) is 4.58. The highest BCUT2D eigenvalue weighted by Crippen LogP contribution is 2.25. The smallest absolute Gasteiger partial charge is 0.327 e. The molecule has 1 unspecified atom stereocenters. The van der Waals surface area contributed by atoms with Crippen LogP contribution in [0.25, 0.3) is 0 Å². The van der Waals surface area contributed by atoms with Crippen molar-refractivity contribution in [1.29, 1.82) is 5.26 Å². The van der Waals surface area contributed by atoms with Gasteiger partial charge < -0.3 is 9.64 Å². The molecule has 1 aliphatic rings. The lowest BCUT2D eigenvalue weighted by Crippen LogP contribution is -2.49. The van der Waals surface area contributed by atoms with Crippen molar-refractivity contribution < 1.29 is 9.53 Å². The molecule has 5 heteroatoms. The topological polar surface area (TPSA) is 56.6 Å². The average molecular weight is 335 g/mol. The minimum atomic E-state index is -0.366. The van der Waals surface area contributed by atoms with Crippen LogP contribution in [-0.4, -0.2) is 44.2 Å². The van der Waals surface area contributed by atoms with Gasteiger partial charge in [-0.3, -0.25) is 4.90 Å². The zero-order valence-corrected chi connectivity index (χ0v) is 14.3. The molecule has 128 valence electrons. The summed E-state index contributed by atoms with van der Waals surface area (Å²) in [6, 6.07) is 19.2. The molecule has 0 aromatic heterocycles. The summed E-state index contributed by atoms with van der Waals surface area (Å²) in [5.41, 5.74) is 2.73. The maximum atomic E-state index is 12.3. The van der Waals surface area contributed by atoms with Gasteiger partial charge in [-0.05, 0) is 29.8 Å². The quantitative estimate of drug-likeness (QED) is 0.804. The molecule has 5 nitrogen and oxygen atoms in total. The van der Waals surface area contributed by atoms with E-state index in [1.807, 2.05) is 54.6 Å². The number of nitrogens with zero attached hydrogens (tertiary/aromatic N) is 3. The average Bonchev–Trinajstić information content (AvgIpc) is 2.69. The molecule has 0 radical (unpaired) electrons. The third-order valence-corrected chi connectivity index (χ3v) is 4.58. The van der Waals surface area contributed by atoms with Gasteiger partial charge in [0.15, 0.2) is 0 Å². The van der Waals surface area contributed by atoms with E-state index in [9.17, 15) is 4.79 Å².